The van der Waals surface area contributed by atoms with Gasteiger partial charge in [0, 0.05) is 188 Å². The second kappa shape index (κ2) is 74.6. The summed E-state index contributed by atoms with van der Waals surface area (Å²) in [6.07, 6.45) is 25.5. The van der Waals surface area contributed by atoms with Crippen LogP contribution < -0.4 is 73.6 Å². The maximum atomic E-state index is 12.3. The van der Waals surface area contributed by atoms with Gasteiger partial charge in [-0.3, -0.25) is 19.2 Å². The van der Waals surface area contributed by atoms with E-state index >= 15 is 0 Å². The molecule has 0 radical (unpaired) electrons. The lowest BCUT2D eigenvalue weighted by atomic mass is 9.89. The molecule has 8 aromatic carbocycles. The van der Waals surface area contributed by atoms with Gasteiger partial charge < -0.3 is 73.6 Å². The number of hydrogen-bond acceptors (Lipinski definition) is 14. The quantitative estimate of drug-likeness (QED) is 0.00970. The summed E-state index contributed by atoms with van der Waals surface area (Å²) < 4.78 is 6.17. The van der Waals surface area contributed by atoms with E-state index < -0.39 is 0 Å². The second-order valence-electron chi connectivity index (χ2n) is 41.1. The van der Waals surface area contributed by atoms with Crippen molar-refractivity contribution in [2.75, 3.05) is 122 Å². The Balaban J connectivity index is 0.000000572. The number of halogens is 5. The fraction of sp³-hybridized carbons (Fsp3) is 0.533. The molecule has 0 saturated carbocycles. The number of carbonyl (C=O) groups excluding carboxylic acids is 4. The molecular formula is C120H187I5N14O4. The highest BCUT2D eigenvalue weighted by Crippen LogP contribution is 2.31. The van der Waals surface area contributed by atoms with Gasteiger partial charge in [0.05, 0.1) is 0 Å². The van der Waals surface area contributed by atoms with Crippen molar-refractivity contribution in [1.29, 1.82) is 0 Å². The van der Waals surface area contributed by atoms with Crippen LogP contribution in [0.25, 0.3) is 18.2 Å². The Morgan fingerprint density at radius 2 is 0.559 bits per heavy atom. The molecule has 0 aromatic heterocycles. The standard InChI is InChI=1S/C27H39N3O.2C17H27IN2O.2C17H29IN2.C15H23IN2O.C10H13N/c1-7-9-26(31)29-25-17-14-22(18-23(25)19-28-20-27(3,4)8-2)11-10-21-12-15-24(16-13-21)30(5)6;1-5-7-16(21)20-15-9-8-14(18)10-13(15)11-19-12-17(3,4)6-2;1-5-7-10-19-12-13-11-14(18)8-9-15(13)20-16(21)17(3,4)6-2;1-5-7-10-20-16-9-8-15(18)11-14(16)12-19-13-17(3,4)6-2;1-5-7-10-19-12-14-11-15(18)8-9-16(14)20-13-17(3,4)6-2;1-3-5-9-17-11-12-10-13(16)7-8-14(12)18-15(19)6-4-2;1-4-9-5-7-10(8-6-9)11(2)3/h10-18,28H,7-9,19-20H2,1-6H3,(H,29,31);8-10,19H,5-7,11-12H2,1-4H3,(H,20,21);8-9,11,19H,5-7,10,12H2,1-4H3,(H,20,21);2*8-9,11,19-20H,5-7,10,12-13H2,1-4H3;7-8,10,17H,3-6,9,11H2,1-2H3,(H,18,19);4-8H,1H2,2-3H3/b11-10+;;;;;;. The van der Waals surface area contributed by atoms with Gasteiger partial charge in [-0.1, -0.05) is 233 Å². The maximum absolute atomic E-state index is 12.3. The number of carbonyl (C=O) groups is 4. The maximum Gasteiger partial charge on any atom is 0.230 e. The van der Waals surface area contributed by atoms with Crippen molar-refractivity contribution in [3.63, 3.8) is 0 Å². The van der Waals surface area contributed by atoms with Gasteiger partial charge in [0.15, 0.2) is 0 Å². The summed E-state index contributed by atoms with van der Waals surface area (Å²) >= 11 is 11.7. The predicted molar refractivity (Wildman–Crippen MR) is 669 cm³/mol. The van der Waals surface area contributed by atoms with E-state index in [1.807, 2.05) is 118 Å². The highest BCUT2D eigenvalue weighted by molar-refractivity contribution is 14.1. The van der Waals surface area contributed by atoms with Crippen LogP contribution in [0.1, 0.15) is 324 Å². The molecule has 0 aliphatic carbocycles. The molecule has 0 heterocycles. The lowest BCUT2D eigenvalue weighted by molar-refractivity contribution is -0.124. The Morgan fingerprint density at radius 3 is 0.867 bits per heavy atom. The van der Waals surface area contributed by atoms with E-state index in [1.54, 1.807) is 0 Å². The minimum Gasteiger partial charge on any atom is -0.385 e. The fourth-order valence-electron chi connectivity index (χ4n) is 13.4. The molecule has 12 N–H and O–H groups in total. The minimum absolute atomic E-state index is 0.0712. The Labute approximate surface area is 937 Å². The van der Waals surface area contributed by atoms with Crippen LogP contribution in [0.4, 0.5) is 45.5 Å². The topological polar surface area (TPSA) is 219 Å². The Morgan fingerprint density at radius 1 is 0.294 bits per heavy atom. The number of hydrogen-bond donors (Lipinski definition) is 12. The predicted octanol–water partition coefficient (Wildman–Crippen LogP) is 31.7. The number of amides is 4. The lowest BCUT2D eigenvalue weighted by Gasteiger charge is -2.24. The molecule has 143 heavy (non-hydrogen) atoms. The van der Waals surface area contributed by atoms with E-state index in [9.17, 15) is 19.2 Å². The van der Waals surface area contributed by atoms with Gasteiger partial charge in [-0.25, -0.2) is 0 Å². The number of rotatable bonds is 55. The first-order chi connectivity index (χ1) is 67.9. The van der Waals surface area contributed by atoms with Crippen molar-refractivity contribution in [1.82, 2.24) is 31.9 Å². The largest absolute Gasteiger partial charge is 0.385 e. The molecule has 0 fully saturated rings. The van der Waals surface area contributed by atoms with Gasteiger partial charge in [-0.2, -0.15) is 0 Å². The minimum atomic E-state index is -0.337. The molecule has 0 spiro atoms. The number of unbranched alkanes of at least 4 members (excludes halogenated alkanes) is 4. The molecule has 23 heteroatoms. The van der Waals surface area contributed by atoms with Gasteiger partial charge in [0.1, 0.15) is 0 Å². The summed E-state index contributed by atoms with van der Waals surface area (Å²) in [6.45, 7) is 65.0. The zero-order chi connectivity index (χ0) is 107. The average molecular weight is 2520 g/mol. The van der Waals surface area contributed by atoms with Crippen LogP contribution in [-0.4, -0.2) is 104 Å². The van der Waals surface area contributed by atoms with E-state index in [1.165, 1.54) is 116 Å². The highest BCUT2D eigenvalue weighted by Gasteiger charge is 2.27. The van der Waals surface area contributed by atoms with Crippen molar-refractivity contribution in [2.24, 2.45) is 27.1 Å². The lowest BCUT2D eigenvalue weighted by Crippen LogP contribution is -2.30. The van der Waals surface area contributed by atoms with Crippen molar-refractivity contribution in [3.8, 4) is 0 Å². The smallest absolute Gasteiger partial charge is 0.230 e. The molecule has 8 aromatic rings. The van der Waals surface area contributed by atoms with Gasteiger partial charge in [-0.15, -0.1) is 0 Å². The first-order valence-corrected chi connectivity index (χ1v) is 58.1. The molecule has 4 amide bonds. The van der Waals surface area contributed by atoms with E-state index in [0.717, 1.165) is 192 Å². The normalized spacial score (nSPS) is 11.3. The van der Waals surface area contributed by atoms with E-state index in [0.29, 0.717) is 35.5 Å². The average Bonchev–Trinajstić information content (AvgIpc) is 0.700. The third-order valence-corrected chi connectivity index (χ3v) is 28.6. The van der Waals surface area contributed by atoms with Gasteiger partial charge >= 0.3 is 0 Å². The van der Waals surface area contributed by atoms with Crippen molar-refractivity contribution >= 4 is 200 Å². The monoisotopic (exact) mass is 2520 g/mol. The third kappa shape index (κ3) is 59.1. The van der Waals surface area contributed by atoms with Crippen LogP contribution in [0, 0.1) is 44.9 Å². The Hall–Kier alpha value is -6.27. The summed E-state index contributed by atoms with van der Waals surface area (Å²) in [5, 5.41) is 40.5. The van der Waals surface area contributed by atoms with Crippen molar-refractivity contribution < 1.29 is 19.2 Å². The van der Waals surface area contributed by atoms with E-state index in [2.05, 4.69) is 431 Å². The van der Waals surface area contributed by atoms with Crippen LogP contribution >= 0.6 is 113 Å². The van der Waals surface area contributed by atoms with Crippen molar-refractivity contribution in [2.45, 2.75) is 314 Å². The Kier molecular flexibility index (Phi) is 69.3. The molecule has 0 unspecified atom stereocenters. The summed E-state index contributed by atoms with van der Waals surface area (Å²) in [5.74, 6) is 0.343. The molecule has 0 bridgehead atoms. The van der Waals surface area contributed by atoms with Crippen molar-refractivity contribution in [3.05, 3.63) is 232 Å². The second-order valence-corrected chi connectivity index (χ2v) is 47.4. The zero-order valence-electron chi connectivity index (χ0n) is 92.7. The summed E-state index contributed by atoms with van der Waals surface area (Å²) in [4.78, 5) is 52.2. The van der Waals surface area contributed by atoms with Gasteiger partial charge in [0.25, 0.3) is 0 Å². The number of anilines is 8. The molecule has 0 saturated heterocycles. The van der Waals surface area contributed by atoms with E-state index in [4.69, 9.17) is 0 Å². The molecule has 796 valence electrons. The first-order valence-electron chi connectivity index (χ1n) is 52.7. The summed E-state index contributed by atoms with van der Waals surface area (Å²) in [7, 11) is 8.15. The van der Waals surface area contributed by atoms with Crippen LogP contribution in [0.2, 0.25) is 0 Å². The fourth-order valence-corrected chi connectivity index (χ4v) is 16.2. The summed E-state index contributed by atoms with van der Waals surface area (Å²) in [6, 6.07) is 54.8. The SMILES string of the molecule is C=Cc1ccc(N(C)C)cc1.CCCC(=O)Nc1ccc(/C=C/c2ccc(N(C)C)cc2)cc1CNCC(C)(C)CC.CCCC(=O)Nc1ccc(I)cc1CNCC(C)(C)CC.CCCCNCc1cc(I)ccc1NC(=O)C(C)(C)CC.CCCCNCc1cc(I)ccc1NC(=O)CCC.CCCCNCc1cc(I)ccc1NCC(C)(C)CC.CCCCNc1ccc(I)cc1CNCC(C)(C)CC. The van der Waals surface area contributed by atoms with Crippen LogP contribution in [-0.2, 0) is 58.4 Å². The van der Waals surface area contributed by atoms with Gasteiger partial charge in [-0.05, 0) is 409 Å². The molecule has 0 atom stereocenters. The molecule has 0 aliphatic rings. The number of nitrogens with zero attached hydrogens (tertiary/aromatic N) is 2. The van der Waals surface area contributed by atoms with Gasteiger partial charge in [0.2, 0.25) is 23.6 Å². The molecule has 18 nitrogen and oxygen atoms in total. The number of benzene rings is 8. The number of nitrogens with one attached hydrogen (secondary N) is 12. The first kappa shape index (κ1) is 133. The van der Waals surface area contributed by atoms with Crippen LogP contribution in [0.5, 0.6) is 0 Å². The highest BCUT2D eigenvalue weighted by atomic mass is 127. The molecular weight excluding hydrogens is 2340 g/mol. The molecule has 0 aliphatic heterocycles. The Bertz CT molecular complexity index is 4940. The van der Waals surface area contributed by atoms with E-state index in [-0.39, 0.29) is 34.5 Å². The summed E-state index contributed by atoms with van der Waals surface area (Å²) in [5.41, 5.74) is 20.3. The van der Waals surface area contributed by atoms with Crippen LogP contribution in [0.15, 0.2) is 164 Å². The third-order valence-electron chi connectivity index (χ3n) is 25.2. The molecule has 8 rings (SSSR count). The van der Waals surface area contributed by atoms with Crippen LogP contribution in [0.3, 0.4) is 0 Å². The zero-order valence-corrected chi connectivity index (χ0v) is 103.